The van der Waals surface area contributed by atoms with Crippen LogP contribution in [0.4, 0.5) is 0 Å². The van der Waals surface area contributed by atoms with E-state index in [2.05, 4.69) is 20.8 Å². The summed E-state index contributed by atoms with van der Waals surface area (Å²) >= 11 is 3.76. The van der Waals surface area contributed by atoms with Gasteiger partial charge in [-0.25, -0.2) is 0 Å². The van der Waals surface area contributed by atoms with E-state index in [0.717, 1.165) is 36.7 Å². The molecule has 2 fully saturated rings. The number of hydrogen-bond acceptors (Lipinski definition) is 3. The fourth-order valence-corrected chi connectivity index (χ4v) is 3.85. The predicted octanol–water partition coefficient (Wildman–Crippen LogP) is 2.04. The zero-order valence-corrected chi connectivity index (χ0v) is 11.6. The average molecular weight is 292 g/mol. The second-order valence-electron chi connectivity index (χ2n) is 4.80. The van der Waals surface area contributed by atoms with E-state index in [1.54, 1.807) is 7.11 Å². The normalized spacial score (nSPS) is 34.5. The zero-order valence-electron chi connectivity index (χ0n) is 10.0. The summed E-state index contributed by atoms with van der Waals surface area (Å²) < 4.78 is 10.5. The Morgan fingerprint density at radius 1 is 1.12 bits per heavy atom. The molecule has 2 aliphatic heterocycles. The molecule has 0 aromatic carbocycles. The van der Waals surface area contributed by atoms with Gasteiger partial charge in [0.25, 0.3) is 0 Å². The first-order valence-corrected chi connectivity index (χ1v) is 7.19. The Hall–Kier alpha value is 0.360. The van der Waals surface area contributed by atoms with Crippen molar-refractivity contribution in [2.24, 2.45) is 0 Å². The maximum Gasteiger partial charge on any atom is 0.0700 e. The van der Waals surface area contributed by atoms with Crippen LogP contribution in [0.15, 0.2) is 0 Å². The first-order valence-electron chi connectivity index (χ1n) is 6.27. The summed E-state index contributed by atoms with van der Waals surface area (Å²) in [4.78, 5) is 3.40. The number of alkyl halides is 1. The molecule has 2 atom stereocenters. The van der Waals surface area contributed by atoms with Crippen molar-refractivity contribution in [1.29, 1.82) is 0 Å². The van der Waals surface area contributed by atoms with E-state index in [1.807, 2.05) is 0 Å². The average Bonchev–Trinajstić information content (AvgIpc) is 2.51. The highest BCUT2D eigenvalue weighted by Gasteiger charge is 2.39. The Morgan fingerprint density at radius 2 is 1.81 bits per heavy atom. The van der Waals surface area contributed by atoms with Crippen molar-refractivity contribution in [3.8, 4) is 0 Å². The van der Waals surface area contributed by atoms with Gasteiger partial charge in [0.15, 0.2) is 0 Å². The highest BCUT2D eigenvalue weighted by Crippen LogP contribution is 2.37. The van der Waals surface area contributed by atoms with Gasteiger partial charge >= 0.3 is 0 Å². The molecule has 0 aromatic heterocycles. The fraction of sp³-hybridized carbons (Fsp3) is 1.00. The summed E-state index contributed by atoms with van der Waals surface area (Å²) in [6.45, 7) is 3.37. The summed E-state index contributed by atoms with van der Waals surface area (Å²) in [6, 6.07) is 1.60. The van der Waals surface area contributed by atoms with Gasteiger partial charge in [-0.2, -0.15) is 0 Å². The highest BCUT2D eigenvalue weighted by atomic mass is 79.9. The molecule has 2 unspecified atom stereocenters. The molecule has 0 aliphatic carbocycles. The van der Waals surface area contributed by atoms with Crippen molar-refractivity contribution in [2.75, 3.05) is 33.5 Å². The second-order valence-corrected chi connectivity index (χ2v) is 6.09. The van der Waals surface area contributed by atoms with E-state index in [-0.39, 0.29) is 0 Å². The van der Waals surface area contributed by atoms with Gasteiger partial charge in [-0.05, 0) is 25.7 Å². The van der Waals surface area contributed by atoms with Gasteiger partial charge in [0.05, 0.1) is 19.8 Å². The molecule has 0 amide bonds. The number of methoxy groups -OCH3 is 1. The monoisotopic (exact) mass is 291 g/mol. The third kappa shape index (κ3) is 3.19. The highest BCUT2D eigenvalue weighted by molar-refractivity contribution is 9.09. The van der Waals surface area contributed by atoms with Crippen LogP contribution in [0.3, 0.4) is 0 Å². The number of piperidine rings is 1. The number of nitrogens with zero attached hydrogens (tertiary/aromatic N) is 1. The van der Waals surface area contributed by atoms with Crippen LogP contribution in [0.25, 0.3) is 0 Å². The van der Waals surface area contributed by atoms with E-state index >= 15 is 0 Å². The minimum Gasteiger partial charge on any atom is -0.382 e. The van der Waals surface area contributed by atoms with E-state index in [4.69, 9.17) is 9.47 Å². The summed E-state index contributed by atoms with van der Waals surface area (Å²) in [5.41, 5.74) is 0. The topological polar surface area (TPSA) is 21.7 Å². The molecule has 0 aromatic rings. The number of hydrogen-bond donors (Lipinski definition) is 0. The van der Waals surface area contributed by atoms with Crippen LogP contribution in [0.2, 0.25) is 0 Å². The first-order chi connectivity index (χ1) is 7.81. The Bertz CT molecular complexity index is 201. The maximum absolute atomic E-state index is 5.55. The number of rotatable bonds is 6. The molecular formula is C12H22BrNO2. The second kappa shape index (κ2) is 6.34. The quantitative estimate of drug-likeness (QED) is 0.552. The lowest BCUT2D eigenvalue weighted by Crippen LogP contribution is -2.44. The molecule has 16 heavy (non-hydrogen) atoms. The molecule has 4 heteroatoms. The lowest BCUT2D eigenvalue weighted by Gasteiger charge is -2.37. The minimum absolute atomic E-state index is 0.705. The number of fused-ring (bicyclic) bond motifs is 2. The van der Waals surface area contributed by atoms with E-state index in [9.17, 15) is 0 Å². The fourth-order valence-electron chi connectivity index (χ4n) is 2.99. The van der Waals surface area contributed by atoms with Gasteiger partial charge in [0.1, 0.15) is 0 Å². The number of ether oxygens (including phenoxy) is 2. The predicted molar refractivity (Wildman–Crippen MR) is 68.2 cm³/mol. The van der Waals surface area contributed by atoms with Crippen LogP contribution in [0.5, 0.6) is 0 Å². The van der Waals surface area contributed by atoms with Crippen molar-refractivity contribution in [1.82, 2.24) is 4.90 Å². The molecule has 0 N–H and O–H groups in total. The van der Waals surface area contributed by atoms with Gasteiger partial charge < -0.3 is 9.47 Å². The van der Waals surface area contributed by atoms with Gasteiger partial charge in [0.2, 0.25) is 0 Å². The van der Waals surface area contributed by atoms with E-state index in [0.29, 0.717) is 6.61 Å². The maximum atomic E-state index is 5.55. The van der Waals surface area contributed by atoms with Crippen molar-refractivity contribution < 1.29 is 9.47 Å². The van der Waals surface area contributed by atoms with Crippen LogP contribution >= 0.6 is 15.9 Å². The molecule has 2 heterocycles. The Morgan fingerprint density at radius 3 is 2.44 bits per heavy atom. The molecule has 2 saturated heterocycles. The molecule has 0 spiro atoms. The van der Waals surface area contributed by atoms with Crippen molar-refractivity contribution in [3.05, 3.63) is 0 Å². The Labute approximate surface area is 107 Å². The minimum atomic E-state index is 0.705. The third-order valence-electron chi connectivity index (χ3n) is 3.75. The summed E-state index contributed by atoms with van der Waals surface area (Å²) in [5.74, 6) is 0. The third-order valence-corrected chi connectivity index (χ3v) is 4.50. The molecule has 2 aliphatic rings. The van der Waals surface area contributed by atoms with Crippen LogP contribution in [0.1, 0.15) is 25.7 Å². The van der Waals surface area contributed by atoms with E-state index in [1.165, 1.54) is 25.7 Å². The Kier molecular flexibility index (Phi) is 5.07. The van der Waals surface area contributed by atoms with Crippen molar-refractivity contribution in [2.45, 2.75) is 42.6 Å². The molecule has 2 rings (SSSR count). The van der Waals surface area contributed by atoms with Crippen LogP contribution in [0, 0.1) is 0 Å². The first kappa shape index (κ1) is 12.8. The molecule has 0 radical (unpaired) electrons. The molecular weight excluding hydrogens is 270 g/mol. The molecule has 94 valence electrons. The zero-order chi connectivity index (χ0) is 11.4. The van der Waals surface area contributed by atoms with Gasteiger partial charge in [0, 0.05) is 30.6 Å². The number of halogens is 1. The van der Waals surface area contributed by atoms with E-state index < -0.39 is 0 Å². The molecule has 0 saturated carbocycles. The van der Waals surface area contributed by atoms with Crippen molar-refractivity contribution in [3.63, 3.8) is 0 Å². The largest absolute Gasteiger partial charge is 0.382 e. The summed E-state index contributed by atoms with van der Waals surface area (Å²) in [5, 5.41) is 0. The standard InChI is InChI=1S/C12H22BrNO2/c1-15-6-7-16-5-4-14-11-2-3-12(14)9-10(13)8-11/h10-12H,2-9H2,1H3. The van der Waals surface area contributed by atoms with Crippen LogP contribution < -0.4 is 0 Å². The summed E-state index contributed by atoms with van der Waals surface area (Å²) in [6.07, 6.45) is 5.39. The lowest BCUT2D eigenvalue weighted by molar-refractivity contribution is 0.0410. The molecule has 2 bridgehead atoms. The molecule has 3 nitrogen and oxygen atoms in total. The summed E-state index contributed by atoms with van der Waals surface area (Å²) in [7, 11) is 1.71. The Balaban J connectivity index is 1.66. The van der Waals surface area contributed by atoms with Crippen LogP contribution in [-0.4, -0.2) is 55.3 Å². The SMILES string of the molecule is COCCOCCN1C2CCC1CC(Br)C2. The van der Waals surface area contributed by atoms with Gasteiger partial charge in [-0.3, -0.25) is 4.90 Å². The smallest absolute Gasteiger partial charge is 0.0700 e. The van der Waals surface area contributed by atoms with Gasteiger partial charge in [-0.15, -0.1) is 0 Å². The van der Waals surface area contributed by atoms with Crippen LogP contribution in [-0.2, 0) is 9.47 Å². The van der Waals surface area contributed by atoms with Crippen molar-refractivity contribution >= 4 is 15.9 Å². The lowest BCUT2D eigenvalue weighted by atomic mass is 10.0. The van der Waals surface area contributed by atoms with Gasteiger partial charge in [-0.1, -0.05) is 15.9 Å².